The van der Waals surface area contributed by atoms with Gasteiger partial charge < -0.3 is 14.8 Å². The van der Waals surface area contributed by atoms with Crippen LogP contribution in [0.15, 0.2) is 36.7 Å². The monoisotopic (exact) mass is 340 g/mol. The van der Waals surface area contributed by atoms with Gasteiger partial charge in [-0.25, -0.2) is 4.98 Å². The first-order valence-corrected chi connectivity index (χ1v) is 9.21. The first kappa shape index (κ1) is 17.7. The number of para-hydroxylation sites is 1. The van der Waals surface area contributed by atoms with Gasteiger partial charge in [-0.05, 0) is 50.4 Å². The summed E-state index contributed by atoms with van der Waals surface area (Å²) < 4.78 is 2.05. The van der Waals surface area contributed by atoms with Crippen molar-refractivity contribution in [3.8, 4) is 5.69 Å². The number of nitrogens with one attached hydrogen (secondary N) is 1. The second kappa shape index (κ2) is 8.30. The summed E-state index contributed by atoms with van der Waals surface area (Å²) in [5, 5.41) is 3.07. The highest BCUT2D eigenvalue weighted by Gasteiger charge is 2.16. The van der Waals surface area contributed by atoms with E-state index in [4.69, 9.17) is 0 Å². The lowest BCUT2D eigenvalue weighted by Crippen LogP contribution is -2.36. The van der Waals surface area contributed by atoms with Crippen LogP contribution in [0.5, 0.6) is 0 Å². The zero-order valence-electron chi connectivity index (χ0n) is 15.2. The van der Waals surface area contributed by atoms with Crippen molar-refractivity contribution in [3.05, 3.63) is 48.0 Å². The molecule has 0 saturated carbocycles. The summed E-state index contributed by atoms with van der Waals surface area (Å²) in [6, 6.07) is 8.13. The number of carbonyl (C=O) groups excluding carboxylic acids is 1. The maximum absolute atomic E-state index is 12.2. The number of nitrogens with zero attached hydrogens (tertiary/aromatic N) is 3. The van der Waals surface area contributed by atoms with E-state index in [-0.39, 0.29) is 5.91 Å². The van der Waals surface area contributed by atoms with Gasteiger partial charge in [0.1, 0.15) is 5.82 Å². The summed E-state index contributed by atoms with van der Waals surface area (Å²) in [5.74, 6) is 1.89. The summed E-state index contributed by atoms with van der Waals surface area (Å²) in [4.78, 5) is 18.9. The average Bonchev–Trinajstić information content (AvgIpc) is 3.05. The summed E-state index contributed by atoms with van der Waals surface area (Å²) in [6.45, 7) is 7.94. The van der Waals surface area contributed by atoms with Crippen LogP contribution in [-0.4, -0.2) is 40.0 Å². The Morgan fingerprint density at radius 3 is 2.76 bits per heavy atom. The van der Waals surface area contributed by atoms with Crippen molar-refractivity contribution in [2.75, 3.05) is 19.6 Å². The van der Waals surface area contributed by atoms with Crippen LogP contribution in [0.25, 0.3) is 5.69 Å². The fourth-order valence-electron chi connectivity index (χ4n) is 3.36. The molecule has 1 N–H and O–H groups in total. The molecule has 0 unspecified atom stereocenters. The van der Waals surface area contributed by atoms with Crippen molar-refractivity contribution in [3.63, 3.8) is 0 Å². The molecule has 0 atom stereocenters. The molecular weight excluding hydrogens is 312 g/mol. The fourth-order valence-corrected chi connectivity index (χ4v) is 3.36. The topological polar surface area (TPSA) is 50.2 Å². The zero-order valence-corrected chi connectivity index (χ0v) is 15.2. The van der Waals surface area contributed by atoms with Crippen molar-refractivity contribution >= 4 is 5.91 Å². The molecular formula is C20H28N4O. The number of amides is 1. The van der Waals surface area contributed by atoms with Crippen LogP contribution in [0.2, 0.25) is 0 Å². The van der Waals surface area contributed by atoms with Gasteiger partial charge in [-0.2, -0.15) is 0 Å². The van der Waals surface area contributed by atoms with E-state index in [9.17, 15) is 4.79 Å². The van der Waals surface area contributed by atoms with Crippen molar-refractivity contribution in [2.45, 2.75) is 39.7 Å². The number of aryl methyl sites for hydroxylation is 1. The minimum absolute atomic E-state index is 0.121. The fraction of sp³-hybridized carbons (Fsp3) is 0.500. The predicted molar refractivity (Wildman–Crippen MR) is 99.6 cm³/mol. The molecule has 3 rings (SSSR count). The van der Waals surface area contributed by atoms with Crippen molar-refractivity contribution in [1.82, 2.24) is 19.8 Å². The Hall–Kier alpha value is -2.14. The molecule has 1 fully saturated rings. The predicted octanol–water partition coefficient (Wildman–Crippen LogP) is 2.92. The molecule has 0 spiro atoms. The third kappa shape index (κ3) is 4.69. The number of carbonyl (C=O) groups is 1. The minimum atomic E-state index is 0.121. The Labute approximate surface area is 150 Å². The van der Waals surface area contributed by atoms with Crippen LogP contribution >= 0.6 is 0 Å². The molecule has 0 aliphatic carbocycles. The number of piperidine rings is 1. The smallest absolute Gasteiger partial charge is 0.221 e. The standard InChI is InChI=1S/C20H28N4O/c1-16-7-11-23(12-8-16)13-9-20(25)22-15-18-5-3-4-6-19(18)24-14-10-21-17(24)2/h3-6,10,14,16H,7-9,11-13,15H2,1-2H3,(H,22,25). The molecule has 25 heavy (non-hydrogen) atoms. The third-order valence-electron chi connectivity index (χ3n) is 5.08. The Kier molecular flexibility index (Phi) is 5.87. The van der Waals surface area contributed by atoms with Crippen LogP contribution in [0.4, 0.5) is 0 Å². The molecule has 1 aliphatic heterocycles. The summed E-state index contributed by atoms with van der Waals surface area (Å²) in [5.41, 5.74) is 2.17. The van der Waals surface area contributed by atoms with E-state index in [2.05, 4.69) is 38.8 Å². The van der Waals surface area contributed by atoms with Crippen LogP contribution in [0.1, 0.15) is 37.6 Å². The summed E-state index contributed by atoms with van der Waals surface area (Å²) >= 11 is 0. The summed E-state index contributed by atoms with van der Waals surface area (Å²) in [6.07, 6.45) is 6.82. The molecule has 2 aromatic rings. The van der Waals surface area contributed by atoms with E-state index in [1.54, 1.807) is 6.20 Å². The lowest BCUT2D eigenvalue weighted by molar-refractivity contribution is -0.121. The molecule has 1 aromatic heterocycles. The maximum atomic E-state index is 12.2. The molecule has 0 radical (unpaired) electrons. The van der Waals surface area contributed by atoms with E-state index in [1.807, 2.05) is 25.3 Å². The number of likely N-dealkylation sites (tertiary alicyclic amines) is 1. The highest BCUT2D eigenvalue weighted by molar-refractivity contribution is 5.76. The van der Waals surface area contributed by atoms with E-state index >= 15 is 0 Å². The molecule has 1 aromatic carbocycles. The third-order valence-corrected chi connectivity index (χ3v) is 5.08. The second-order valence-corrected chi connectivity index (χ2v) is 7.02. The van der Waals surface area contributed by atoms with Gasteiger partial charge in [0, 0.05) is 31.9 Å². The Morgan fingerprint density at radius 2 is 2.04 bits per heavy atom. The molecule has 134 valence electrons. The van der Waals surface area contributed by atoms with Gasteiger partial charge in [0.2, 0.25) is 5.91 Å². The van der Waals surface area contributed by atoms with E-state index in [0.717, 1.165) is 42.6 Å². The van der Waals surface area contributed by atoms with Crippen molar-refractivity contribution in [2.24, 2.45) is 5.92 Å². The Morgan fingerprint density at radius 1 is 1.28 bits per heavy atom. The van der Waals surface area contributed by atoms with Gasteiger partial charge in [-0.15, -0.1) is 0 Å². The molecule has 1 saturated heterocycles. The van der Waals surface area contributed by atoms with Gasteiger partial charge in [-0.1, -0.05) is 25.1 Å². The van der Waals surface area contributed by atoms with Gasteiger partial charge in [0.15, 0.2) is 0 Å². The largest absolute Gasteiger partial charge is 0.352 e. The Balaban J connectivity index is 1.52. The molecule has 1 amide bonds. The number of aromatic nitrogens is 2. The number of imidazole rings is 1. The normalized spacial score (nSPS) is 16.1. The van der Waals surface area contributed by atoms with E-state index in [0.29, 0.717) is 13.0 Å². The second-order valence-electron chi connectivity index (χ2n) is 7.02. The van der Waals surface area contributed by atoms with Gasteiger partial charge in [-0.3, -0.25) is 4.79 Å². The SMILES string of the molecule is Cc1nccn1-c1ccccc1CNC(=O)CCN1CCC(C)CC1. The molecule has 0 bridgehead atoms. The quantitative estimate of drug-likeness (QED) is 0.880. The van der Waals surface area contributed by atoms with Crippen LogP contribution in [0.3, 0.4) is 0 Å². The Bertz CT molecular complexity index is 701. The van der Waals surface area contributed by atoms with Crippen LogP contribution < -0.4 is 5.32 Å². The average molecular weight is 340 g/mol. The first-order chi connectivity index (χ1) is 12.1. The highest BCUT2D eigenvalue weighted by Crippen LogP contribution is 2.17. The minimum Gasteiger partial charge on any atom is -0.352 e. The zero-order chi connectivity index (χ0) is 17.6. The maximum Gasteiger partial charge on any atom is 0.221 e. The molecule has 5 nitrogen and oxygen atoms in total. The highest BCUT2D eigenvalue weighted by atomic mass is 16.1. The summed E-state index contributed by atoms with van der Waals surface area (Å²) in [7, 11) is 0. The van der Waals surface area contributed by atoms with Gasteiger partial charge in [0.05, 0.1) is 5.69 Å². The van der Waals surface area contributed by atoms with Gasteiger partial charge >= 0.3 is 0 Å². The van der Waals surface area contributed by atoms with Gasteiger partial charge in [0.25, 0.3) is 0 Å². The first-order valence-electron chi connectivity index (χ1n) is 9.21. The molecule has 2 heterocycles. The van der Waals surface area contributed by atoms with Crippen molar-refractivity contribution in [1.29, 1.82) is 0 Å². The van der Waals surface area contributed by atoms with Crippen LogP contribution in [-0.2, 0) is 11.3 Å². The van der Waals surface area contributed by atoms with Crippen molar-refractivity contribution < 1.29 is 4.79 Å². The lowest BCUT2D eigenvalue weighted by atomic mass is 9.99. The van der Waals surface area contributed by atoms with Crippen LogP contribution in [0, 0.1) is 12.8 Å². The number of hydrogen-bond donors (Lipinski definition) is 1. The lowest BCUT2D eigenvalue weighted by Gasteiger charge is -2.29. The number of rotatable bonds is 6. The number of benzene rings is 1. The number of hydrogen-bond acceptors (Lipinski definition) is 3. The molecule has 1 aliphatic rings. The van der Waals surface area contributed by atoms with E-state index in [1.165, 1.54) is 12.8 Å². The van der Waals surface area contributed by atoms with E-state index < -0.39 is 0 Å². The molecule has 5 heteroatoms.